The van der Waals surface area contributed by atoms with E-state index in [-0.39, 0.29) is 26.2 Å². The van der Waals surface area contributed by atoms with E-state index in [4.69, 9.17) is 9.72 Å². The molecule has 0 radical (unpaired) electrons. The van der Waals surface area contributed by atoms with E-state index in [2.05, 4.69) is 38.9 Å². The molecule has 3 aromatic rings. The number of ether oxygens (including phenoxy) is 1. The minimum absolute atomic E-state index is 0. The molecule has 2 N–H and O–H groups in total. The molecular weight excluding hydrogens is 495 g/mol. The molecule has 5 rings (SSSR count). The van der Waals surface area contributed by atoms with Gasteiger partial charge in [-0.25, -0.2) is 19.0 Å². The van der Waals surface area contributed by atoms with Crippen molar-refractivity contribution in [3.05, 3.63) is 41.3 Å². The molecule has 2 atom stereocenters. The number of rotatable bonds is 7. The van der Waals surface area contributed by atoms with Gasteiger partial charge in [0.05, 0.1) is 37.1 Å². The fourth-order valence-corrected chi connectivity index (χ4v) is 5.44. The minimum atomic E-state index is -0.901. The fraction of sp³-hybridized carbons (Fsp3) is 0.577. The Hall–Kier alpha value is -2.31. The number of aromatic nitrogens is 4. The molecule has 4 heterocycles. The molecule has 2 saturated heterocycles. The number of aliphatic hydroxyl groups is 2. The Morgan fingerprint density at radius 3 is 2.59 bits per heavy atom. The molecule has 0 amide bonds. The van der Waals surface area contributed by atoms with Crippen molar-refractivity contribution in [3.63, 3.8) is 0 Å². The summed E-state index contributed by atoms with van der Waals surface area (Å²) in [6.45, 7) is 7.23. The van der Waals surface area contributed by atoms with Crippen LogP contribution in [0.5, 0.6) is 0 Å². The average molecular weight is 533 g/mol. The lowest BCUT2D eigenvalue weighted by atomic mass is 9.86. The molecule has 202 valence electrons. The molecule has 2 aliphatic heterocycles. The molecule has 0 saturated carbocycles. The van der Waals surface area contributed by atoms with Gasteiger partial charge in [-0.1, -0.05) is 0 Å². The summed E-state index contributed by atoms with van der Waals surface area (Å²) >= 11 is 0. The quantitative estimate of drug-likeness (QED) is 0.478. The summed E-state index contributed by atoms with van der Waals surface area (Å²) in [5.74, 6) is 2.58. The van der Waals surface area contributed by atoms with Crippen molar-refractivity contribution < 1.29 is 19.3 Å². The van der Waals surface area contributed by atoms with Gasteiger partial charge in [0.15, 0.2) is 5.82 Å². The van der Waals surface area contributed by atoms with Crippen LogP contribution in [-0.4, -0.2) is 99.7 Å². The van der Waals surface area contributed by atoms with E-state index in [1.165, 1.54) is 11.1 Å². The van der Waals surface area contributed by atoms with Crippen LogP contribution in [0.1, 0.15) is 35.7 Å². The number of anilines is 1. The highest BCUT2D eigenvalue weighted by molar-refractivity contribution is 7.59. The molecule has 0 bridgehead atoms. The number of piperidine rings is 1. The third kappa shape index (κ3) is 6.06. The number of hydrogen-bond acceptors (Lipinski definition) is 8. The zero-order valence-electron chi connectivity index (χ0n) is 21.5. The van der Waals surface area contributed by atoms with Crippen molar-refractivity contribution in [2.75, 3.05) is 57.5 Å². The minimum Gasteiger partial charge on any atom is -0.394 e. The summed E-state index contributed by atoms with van der Waals surface area (Å²) in [6.07, 6.45) is 2.70. The summed E-state index contributed by atoms with van der Waals surface area (Å²) in [5, 5.41) is 24.9. The van der Waals surface area contributed by atoms with Gasteiger partial charge in [0.2, 0.25) is 0 Å². The van der Waals surface area contributed by atoms with Crippen LogP contribution < -0.4 is 4.90 Å². The van der Waals surface area contributed by atoms with Crippen molar-refractivity contribution in [3.8, 4) is 5.82 Å². The number of morpholine rings is 1. The lowest BCUT2D eigenvalue weighted by molar-refractivity contribution is 0.00335. The Bertz CT molecular complexity index is 1200. The van der Waals surface area contributed by atoms with Crippen LogP contribution >= 0.6 is 13.5 Å². The molecule has 0 aliphatic carbocycles. The summed E-state index contributed by atoms with van der Waals surface area (Å²) in [7, 11) is 0. The van der Waals surface area contributed by atoms with Crippen LogP contribution in [0.2, 0.25) is 0 Å². The van der Waals surface area contributed by atoms with Gasteiger partial charge in [-0.3, -0.25) is 0 Å². The second kappa shape index (κ2) is 12.0. The normalized spacial score (nSPS) is 20.2. The third-order valence-electron chi connectivity index (χ3n) is 7.32. The fourth-order valence-electron chi connectivity index (χ4n) is 5.44. The summed E-state index contributed by atoms with van der Waals surface area (Å²) in [5.41, 5.74) is 3.55. The number of likely N-dealkylation sites (tertiary alicyclic amines) is 1. The Kier molecular flexibility index (Phi) is 9.02. The van der Waals surface area contributed by atoms with Crippen LogP contribution in [0, 0.1) is 13.8 Å². The van der Waals surface area contributed by atoms with Gasteiger partial charge < -0.3 is 24.7 Å². The van der Waals surface area contributed by atoms with Gasteiger partial charge in [0.1, 0.15) is 18.3 Å². The van der Waals surface area contributed by atoms with E-state index in [1.807, 2.05) is 23.9 Å². The molecule has 1 unspecified atom stereocenters. The number of alkyl halides is 1. The molecular formula is C26H37FN6O3S. The zero-order valence-corrected chi connectivity index (χ0v) is 22.5. The van der Waals surface area contributed by atoms with Gasteiger partial charge in [-0.05, 0) is 69.0 Å². The van der Waals surface area contributed by atoms with E-state index in [0.29, 0.717) is 43.8 Å². The monoisotopic (exact) mass is 532 g/mol. The van der Waals surface area contributed by atoms with Crippen molar-refractivity contribution >= 4 is 30.2 Å². The number of nitrogens with zero attached hydrogens (tertiary/aromatic N) is 6. The molecule has 0 spiro atoms. The number of hydrogen-bond donors (Lipinski definition) is 2. The third-order valence-corrected chi connectivity index (χ3v) is 7.32. The van der Waals surface area contributed by atoms with E-state index in [1.54, 1.807) is 0 Å². The van der Waals surface area contributed by atoms with Crippen molar-refractivity contribution in [2.45, 2.75) is 44.8 Å². The molecule has 9 nitrogen and oxygen atoms in total. The number of aryl methyl sites for hydroxylation is 2. The van der Waals surface area contributed by atoms with Crippen molar-refractivity contribution in [1.29, 1.82) is 0 Å². The average Bonchev–Trinajstić information content (AvgIpc) is 3.31. The standard InChI is InChI=1S/C26H35FN6O3.H2S/c1-17-9-20-13-28-33(24(20)10-23(17)19-3-5-31(6-4-19)14-21(35)12-27)26-11-25(29-18(2)30-26)32-7-8-36-22(15-32)16-34;/h9-11,13,19,21-22,34-35H,3-8,12,14-16H2,1-2H3;1H2/t21?,22-;/m0./s1. The van der Waals surface area contributed by atoms with E-state index >= 15 is 0 Å². The van der Waals surface area contributed by atoms with E-state index < -0.39 is 12.8 Å². The highest BCUT2D eigenvalue weighted by Gasteiger charge is 2.25. The molecule has 2 aromatic heterocycles. The highest BCUT2D eigenvalue weighted by atomic mass is 32.1. The second-order valence-corrected chi connectivity index (χ2v) is 9.96. The topological polar surface area (TPSA) is 99.8 Å². The van der Waals surface area contributed by atoms with Gasteiger partial charge in [-0.15, -0.1) is 0 Å². The van der Waals surface area contributed by atoms with Crippen LogP contribution in [0.3, 0.4) is 0 Å². The smallest absolute Gasteiger partial charge is 0.159 e. The Morgan fingerprint density at radius 1 is 1.11 bits per heavy atom. The molecule has 2 aliphatic rings. The van der Waals surface area contributed by atoms with E-state index in [9.17, 15) is 14.6 Å². The van der Waals surface area contributed by atoms with Gasteiger partial charge in [-0.2, -0.15) is 18.6 Å². The number of β-amino-alcohol motifs (C(OH)–C–C–N with tert-alkyl or cyclic N) is 1. The molecule has 2 fully saturated rings. The summed E-state index contributed by atoms with van der Waals surface area (Å²) in [6, 6.07) is 6.38. The maximum Gasteiger partial charge on any atom is 0.159 e. The Balaban J connectivity index is 0.00000320. The maximum absolute atomic E-state index is 12.7. The first-order valence-electron chi connectivity index (χ1n) is 12.7. The SMILES string of the molecule is Cc1nc(N2CCO[C@H](CO)C2)cc(-n2ncc3cc(C)c(C4CCN(CC(O)CF)CC4)cc32)n1.S. The number of benzene rings is 1. The maximum atomic E-state index is 12.7. The van der Waals surface area contributed by atoms with Crippen LogP contribution in [-0.2, 0) is 4.74 Å². The summed E-state index contributed by atoms with van der Waals surface area (Å²) < 4.78 is 20.2. The predicted octanol–water partition coefficient (Wildman–Crippen LogP) is 2.25. The number of halogens is 1. The van der Waals surface area contributed by atoms with Gasteiger partial charge >= 0.3 is 0 Å². The molecule has 37 heavy (non-hydrogen) atoms. The lowest BCUT2D eigenvalue weighted by Crippen LogP contribution is -2.44. The predicted molar refractivity (Wildman–Crippen MR) is 146 cm³/mol. The van der Waals surface area contributed by atoms with E-state index in [0.717, 1.165) is 42.7 Å². The van der Waals surface area contributed by atoms with Gasteiger partial charge in [0.25, 0.3) is 0 Å². The largest absolute Gasteiger partial charge is 0.394 e. The van der Waals surface area contributed by atoms with Gasteiger partial charge in [0, 0.05) is 31.1 Å². The first kappa shape index (κ1) is 27.7. The lowest BCUT2D eigenvalue weighted by Gasteiger charge is -2.33. The zero-order chi connectivity index (χ0) is 25.2. The highest BCUT2D eigenvalue weighted by Crippen LogP contribution is 2.33. The van der Waals surface area contributed by atoms with Crippen LogP contribution in [0.15, 0.2) is 24.4 Å². The summed E-state index contributed by atoms with van der Waals surface area (Å²) in [4.78, 5) is 13.6. The molecule has 1 aromatic carbocycles. The Labute approximate surface area is 223 Å². The van der Waals surface area contributed by atoms with Crippen molar-refractivity contribution in [2.24, 2.45) is 0 Å². The first-order valence-corrected chi connectivity index (χ1v) is 12.7. The first-order chi connectivity index (χ1) is 17.4. The number of fused-ring (bicyclic) bond motifs is 1. The Morgan fingerprint density at radius 2 is 1.86 bits per heavy atom. The second-order valence-electron chi connectivity index (χ2n) is 9.96. The van der Waals surface area contributed by atoms with Crippen LogP contribution in [0.4, 0.5) is 10.2 Å². The van der Waals surface area contributed by atoms with Crippen LogP contribution in [0.25, 0.3) is 16.7 Å². The molecule has 11 heteroatoms. The van der Waals surface area contributed by atoms with Crippen molar-refractivity contribution in [1.82, 2.24) is 24.6 Å². The number of aliphatic hydroxyl groups excluding tert-OH is 2.